The Morgan fingerprint density at radius 3 is 2.48 bits per heavy atom. The highest BCUT2D eigenvalue weighted by atomic mass is 35.5. The summed E-state index contributed by atoms with van der Waals surface area (Å²) in [5, 5.41) is 5.21. The van der Waals surface area contributed by atoms with Crippen LogP contribution in [-0.2, 0) is 0 Å². The molecule has 140 valence electrons. The predicted molar refractivity (Wildman–Crippen MR) is 96.4 cm³/mol. The summed E-state index contributed by atoms with van der Waals surface area (Å²) in [6, 6.07) is 11.3. The zero-order valence-electron chi connectivity index (χ0n) is 13.6. The number of hydrogen-bond donors (Lipinski definition) is 2. The maximum absolute atomic E-state index is 12.4. The van der Waals surface area contributed by atoms with Crippen LogP contribution in [0.4, 0.5) is 24.5 Å². The summed E-state index contributed by atoms with van der Waals surface area (Å²) in [5.41, 5.74) is -0.100. The van der Waals surface area contributed by atoms with Crippen molar-refractivity contribution in [2.45, 2.75) is 6.18 Å². The highest BCUT2D eigenvalue weighted by Gasteiger charge is 2.27. The second-order valence-corrected chi connectivity index (χ2v) is 6.02. The number of para-hydroxylation sites is 2. The first-order chi connectivity index (χ1) is 12.7. The molecule has 0 bridgehead atoms. The maximum atomic E-state index is 12.4. The molecule has 5 nitrogen and oxygen atoms in total. The third kappa shape index (κ3) is 4.59. The van der Waals surface area contributed by atoms with Crippen molar-refractivity contribution >= 4 is 39.9 Å². The largest absolute Gasteiger partial charge is 0.451 e. The first kappa shape index (κ1) is 18.8. The zero-order chi connectivity index (χ0) is 19.6. The van der Waals surface area contributed by atoms with E-state index in [9.17, 15) is 22.8 Å². The Hall–Kier alpha value is -3.00. The van der Waals surface area contributed by atoms with E-state index in [2.05, 4.69) is 10.6 Å². The Balaban J connectivity index is 1.87. The predicted octanol–water partition coefficient (Wildman–Crippen LogP) is 4.67. The van der Waals surface area contributed by atoms with E-state index in [1.165, 1.54) is 36.4 Å². The van der Waals surface area contributed by atoms with Gasteiger partial charge in [0.1, 0.15) is 12.1 Å². The molecule has 0 unspecified atom stereocenters. The summed E-state index contributed by atoms with van der Waals surface area (Å²) in [6.45, 7) is -1.26. The summed E-state index contributed by atoms with van der Waals surface area (Å²) >= 11 is 5.83. The maximum Gasteiger partial charge on any atom is 0.405 e. The van der Waals surface area contributed by atoms with Gasteiger partial charge in [0.25, 0.3) is 5.91 Å². The van der Waals surface area contributed by atoms with E-state index >= 15 is 0 Å². The number of halogens is 4. The standard InChI is InChI=1S/C18H12ClF3N2O3/c19-10-5-6-15-11(7-10)14(25)8-16(27-15)17(26)24-13-4-2-1-3-12(13)23-9-18(20,21)22/h1-8,23H,9H2,(H,24,26). The molecule has 9 heteroatoms. The lowest BCUT2D eigenvalue weighted by atomic mass is 10.2. The molecule has 1 heterocycles. The van der Waals surface area contributed by atoms with Crippen molar-refractivity contribution in [3.8, 4) is 0 Å². The van der Waals surface area contributed by atoms with Gasteiger partial charge in [-0.1, -0.05) is 23.7 Å². The summed E-state index contributed by atoms with van der Waals surface area (Å²) in [4.78, 5) is 24.6. The molecule has 0 fully saturated rings. The Kier molecular flexibility index (Phi) is 5.09. The highest BCUT2D eigenvalue weighted by Crippen LogP contribution is 2.24. The SMILES string of the molecule is O=C(Nc1ccccc1NCC(F)(F)F)c1cc(=O)c2cc(Cl)ccc2o1. The quantitative estimate of drug-likeness (QED) is 0.672. The minimum atomic E-state index is -4.41. The minimum Gasteiger partial charge on any atom is -0.451 e. The van der Waals surface area contributed by atoms with Crippen molar-refractivity contribution < 1.29 is 22.4 Å². The first-order valence-electron chi connectivity index (χ1n) is 7.67. The van der Waals surface area contributed by atoms with Gasteiger partial charge in [-0.05, 0) is 30.3 Å². The molecule has 0 atom stereocenters. The number of hydrogen-bond acceptors (Lipinski definition) is 4. The van der Waals surface area contributed by atoms with E-state index < -0.39 is 24.1 Å². The number of rotatable bonds is 4. The van der Waals surface area contributed by atoms with Crippen molar-refractivity contribution in [2.75, 3.05) is 17.2 Å². The number of amides is 1. The van der Waals surface area contributed by atoms with E-state index in [0.717, 1.165) is 6.07 Å². The van der Waals surface area contributed by atoms with Crippen LogP contribution in [0.25, 0.3) is 11.0 Å². The Morgan fingerprint density at radius 2 is 1.78 bits per heavy atom. The molecular weight excluding hydrogens is 385 g/mol. The molecule has 0 saturated heterocycles. The number of carbonyl (C=O) groups excluding carboxylic acids is 1. The van der Waals surface area contributed by atoms with Gasteiger partial charge in [-0.25, -0.2) is 0 Å². The fourth-order valence-corrected chi connectivity index (χ4v) is 2.54. The van der Waals surface area contributed by atoms with E-state index in [1.54, 1.807) is 6.07 Å². The molecule has 2 N–H and O–H groups in total. The Bertz CT molecular complexity index is 1060. The van der Waals surface area contributed by atoms with Gasteiger partial charge in [0.15, 0.2) is 11.2 Å². The van der Waals surface area contributed by atoms with E-state index in [0.29, 0.717) is 5.02 Å². The van der Waals surface area contributed by atoms with Gasteiger partial charge < -0.3 is 15.1 Å². The number of alkyl halides is 3. The van der Waals surface area contributed by atoms with Gasteiger partial charge in [-0.3, -0.25) is 9.59 Å². The van der Waals surface area contributed by atoms with Crippen LogP contribution >= 0.6 is 11.6 Å². The summed E-state index contributed by atoms with van der Waals surface area (Å²) in [6.07, 6.45) is -4.41. The number of carbonyl (C=O) groups is 1. The van der Waals surface area contributed by atoms with Crippen molar-refractivity contribution in [1.82, 2.24) is 0 Å². The smallest absolute Gasteiger partial charge is 0.405 e. The average Bonchev–Trinajstić information content (AvgIpc) is 2.60. The lowest BCUT2D eigenvalue weighted by Crippen LogP contribution is -2.22. The van der Waals surface area contributed by atoms with Gasteiger partial charge >= 0.3 is 6.18 Å². The fraction of sp³-hybridized carbons (Fsp3) is 0.111. The highest BCUT2D eigenvalue weighted by molar-refractivity contribution is 6.31. The first-order valence-corrected chi connectivity index (χ1v) is 8.05. The van der Waals surface area contributed by atoms with E-state index in [-0.39, 0.29) is 28.1 Å². The lowest BCUT2D eigenvalue weighted by Gasteiger charge is -2.14. The molecule has 27 heavy (non-hydrogen) atoms. The van der Waals surface area contributed by atoms with Crippen LogP contribution in [0.5, 0.6) is 0 Å². The Labute approximate surface area is 155 Å². The number of anilines is 2. The molecule has 1 aromatic heterocycles. The summed E-state index contributed by atoms with van der Waals surface area (Å²) < 4.78 is 42.7. The van der Waals surface area contributed by atoms with Gasteiger partial charge in [0, 0.05) is 11.1 Å². The van der Waals surface area contributed by atoms with Crippen LogP contribution in [0.2, 0.25) is 5.02 Å². The third-order valence-electron chi connectivity index (χ3n) is 3.57. The van der Waals surface area contributed by atoms with E-state index in [4.69, 9.17) is 16.0 Å². The fourth-order valence-electron chi connectivity index (χ4n) is 2.37. The van der Waals surface area contributed by atoms with Crippen LogP contribution in [0.1, 0.15) is 10.6 Å². The minimum absolute atomic E-state index is 0.0816. The van der Waals surface area contributed by atoms with Crippen molar-refractivity contribution in [3.05, 3.63) is 69.5 Å². The Morgan fingerprint density at radius 1 is 1.07 bits per heavy atom. The molecule has 0 radical (unpaired) electrons. The normalized spacial score (nSPS) is 11.4. The second-order valence-electron chi connectivity index (χ2n) is 5.58. The second kappa shape index (κ2) is 7.32. The number of benzene rings is 2. The van der Waals surface area contributed by atoms with Gasteiger partial charge in [0.2, 0.25) is 0 Å². The molecule has 0 aliphatic heterocycles. The van der Waals surface area contributed by atoms with Crippen molar-refractivity contribution in [3.63, 3.8) is 0 Å². The van der Waals surface area contributed by atoms with Gasteiger partial charge in [-0.2, -0.15) is 13.2 Å². The molecule has 3 rings (SSSR count). The van der Waals surface area contributed by atoms with Crippen molar-refractivity contribution in [2.24, 2.45) is 0 Å². The average molecular weight is 397 g/mol. The third-order valence-corrected chi connectivity index (χ3v) is 3.80. The van der Waals surface area contributed by atoms with Crippen LogP contribution in [0, 0.1) is 0 Å². The van der Waals surface area contributed by atoms with E-state index in [1.807, 2.05) is 0 Å². The topological polar surface area (TPSA) is 71.3 Å². The molecule has 2 aromatic carbocycles. The molecule has 3 aromatic rings. The molecule has 0 spiro atoms. The lowest BCUT2D eigenvalue weighted by molar-refractivity contribution is -0.115. The summed E-state index contributed by atoms with van der Waals surface area (Å²) in [7, 11) is 0. The molecular formula is C18H12ClF3N2O3. The van der Waals surface area contributed by atoms with Crippen LogP contribution < -0.4 is 16.1 Å². The summed E-state index contributed by atoms with van der Waals surface area (Å²) in [5.74, 6) is -1.05. The van der Waals surface area contributed by atoms with Crippen LogP contribution in [-0.4, -0.2) is 18.6 Å². The zero-order valence-corrected chi connectivity index (χ0v) is 14.3. The number of fused-ring (bicyclic) bond motifs is 1. The molecule has 0 aliphatic rings. The molecule has 0 aliphatic carbocycles. The molecule has 0 saturated carbocycles. The molecule has 1 amide bonds. The van der Waals surface area contributed by atoms with Crippen LogP contribution in [0.15, 0.2) is 57.7 Å². The van der Waals surface area contributed by atoms with Gasteiger partial charge in [0.05, 0.1) is 16.8 Å². The van der Waals surface area contributed by atoms with Gasteiger partial charge in [-0.15, -0.1) is 0 Å². The van der Waals surface area contributed by atoms with Crippen LogP contribution in [0.3, 0.4) is 0 Å². The monoisotopic (exact) mass is 396 g/mol. The van der Waals surface area contributed by atoms with Crippen molar-refractivity contribution in [1.29, 1.82) is 0 Å². The number of nitrogens with one attached hydrogen (secondary N) is 2.